The number of fused-ring (bicyclic) bond motifs is 2. The van der Waals surface area contributed by atoms with E-state index in [0.717, 1.165) is 23.0 Å². The zero-order chi connectivity index (χ0) is 24.5. The third-order valence-electron chi connectivity index (χ3n) is 6.25. The lowest BCUT2D eigenvalue weighted by atomic mass is 10.1. The smallest absolute Gasteiger partial charge is 0.231 e. The van der Waals surface area contributed by atoms with Gasteiger partial charge < -0.3 is 18.8 Å². The van der Waals surface area contributed by atoms with E-state index in [0.29, 0.717) is 33.9 Å². The van der Waals surface area contributed by atoms with Gasteiger partial charge >= 0.3 is 0 Å². The summed E-state index contributed by atoms with van der Waals surface area (Å²) in [6.07, 6.45) is 3.83. The van der Waals surface area contributed by atoms with E-state index in [1.165, 1.54) is 0 Å². The molecule has 6 heteroatoms. The molecule has 3 aromatic carbocycles. The van der Waals surface area contributed by atoms with E-state index in [2.05, 4.69) is 17.6 Å². The van der Waals surface area contributed by atoms with E-state index in [-0.39, 0.29) is 23.9 Å². The molecule has 0 radical (unpaired) electrons. The Morgan fingerprint density at radius 2 is 1.83 bits per heavy atom. The van der Waals surface area contributed by atoms with Gasteiger partial charge in [0.1, 0.15) is 17.2 Å². The van der Waals surface area contributed by atoms with Crippen LogP contribution in [0.3, 0.4) is 0 Å². The highest BCUT2D eigenvalue weighted by atomic mass is 16.5. The summed E-state index contributed by atoms with van der Waals surface area (Å²) < 4.78 is 19.1. The summed E-state index contributed by atoms with van der Waals surface area (Å²) in [5, 5.41) is 1.06. The molecule has 0 saturated carbocycles. The van der Waals surface area contributed by atoms with Crippen LogP contribution in [0.15, 0.2) is 72.6 Å². The number of aromatic nitrogens is 1. The molecule has 0 unspecified atom stereocenters. The van der Waals surface area contributed by atoms with E-state index in [1.54, 1.807) is 49.6 Å². The second-order valence-electron chi connectivity index (χ2n) is 8.33. The minimum atomic E-state index is -0.169. The molecule has 0 N–H and O–H groups in total. The number of aryl methyl sites for hydroxylation is 1. The van der Waals surface area contributed by atoms with Gasteiger partial charge in [-0.25, -0.2) is 0 Å². The van der Waals surface area contributed by atoms with Crippen molar-refractivity contribution in [2.24, 2.45) is 0 Å². The number of ketones is 2. The number of hydrogen-bond acceptors (Lipinski definition) is 5. The van der Waals surface area contributed by atoms with Crippen molar-refractivity contribution in [3.63, 3.8) is 0 Å². The Labute approximate surface area is 203 Å². The zero-order valence-electron chi connectivity index (χ0n) is 19.8. The molecule has 2 heterocycles. The zero-order valence-corrected chi connectivity index (χ0v) is 19.8. The SMILES string of the molecule is CCn1cc(/C=C2\Oc3c(ccc(OCC(=O)c4ccc(OC)cc4)c3C)C2=O)c2ccccc21. The van der Waals surface area contributed by atoms with Crippen LogP contribution in [-0.4, -0.2) is 29.9 Å². The minimum absolute atomic E-state index is 0.126. The molecule has 0 atom stereocenters. The van der Waals surface area contributed by atoms with Gasteiger partial charge in [0, 0.05) is 40.3 Å². The van der Waals surface area contributed by atoms with Gasteiger partial charge in [0.05, 0.1) is 12.7 Å². The molecule has 176 valence electrons. The summed E-state index contributed by atoms with van der Waals surface area (Å²) in [6.45, 7) is 4.61. The third kappa shape index (κ3) is 4.08. The van der Waals surface area contributed by atoms with Gasteiger partial charge in [0.2, 0.25) is 5.78 Å². The van der Waals surface area contributed by atoms with Crippen molar-refractivity contribution in [1.29, 1.82) is 0 Å². The van der Waals surface area contributed by atoms with Gasteiger partial charge in [-0.3, -0.25) is 9.59 Å². The Balaban J connectivity index is 1.37. The Hall–Kier alpha value is -4.32. The highest BCUT2D eigenvalue weighted by Crippen LogP contribution is 2.39. The maximum absolute atomic E-state index is 13.1. The average Bonchev–Trinajstić information content (AvgIpc) is 3.41. The molecule has 0 spiro atoms. The first kappa shape index (κ1) is 22.5. The van der Waals surface area contributed by atoms with Gasteiger partial charge in [-0.15, -0.1) is 0 Å². The molecule has 5 rings (SSSR count). The molecule has 0 saturated heterocycles. The van der Waals surface area contributed by atoms with Crippen LogP contribution in [0.25, 0.3) is 17.0 Å². The van der Waals surface area contributed by atoms with Crippen LogP contribution < -0.4 is 14.2 Å². The number of nitrogens with zero attached hydrogens (tertiary/aromatic N) is 1. The molecule has 6 nitrogen and oxygen atoms in total. The normalized spacial score (nSPS) is 13.7. The molecule has 0 fully saturated rings. The molecular weight excluding hydrogens is 442 g/mol. The fraction of sp³-hybridized carbons (Fsp3) is 0.172. The number of rotatable bonds is 7. The number of benzene rings is 3. The van der Waals surface area contributed by atoms with E-state index >= 15 is 0 Å². The van der Waals surface area contributed by atoms with Crippen molar-refractivity contribution in [2.75, 3.05) is 13.7 Å². The first-order valence-electron chi connectivity index (χ1n) is 11.5. The topological polar surface area (TPSA) is 66.8 Å². The Morgan fingerprint density at radius 3 is 2.57 bits per heavy atom. The van der Waals surface area contributed by atoms with E-state index in [9.17, 15) is 9.59 Å². The summed E-state index contributed by atoms with van der Waals surface area (Å²) in [7, 11) is 1.58. The Bertz CT molecular complexity index is 1480. The van der Waals surface area contributed by atoms with Crippen LogP contribution in [0.5, 0.6) is 17.2 Å². The standard InChI is InChI=1S/C29H25NO5/c1-4-30-16-20(22-7-5-6-8-24(22)30)15-27-28(32)23-13-14-26(18(2)29(23)35-27)34-17-25(31)19-9-11-21(33-3)12-10-19/h5-16H,4,17H2,1-3H3/b27-15-. The van der Waals surface area contributed by atoms with Crippen molar-refractivity contribution in [2.45, 2.75) is 20.4 Å². The fourth-order valence-electron chi connectivity index (χ4n) is 4.32. The van der Waals surface area contributed by atoms with Crippen LogP contribution in [0.2, 0.25) is 0 Å². The summed E-state index contributed by atoms with van der Waals surface area (Å²) >= 11 is 0. The second-order valence-corrected chi connectivity index (χ2v) is 8.33. The van der Waals surface area contributed by atoms with E-state index < -0.39 is 0 Å². The predicted octanol–water partition coefficient (Wildman–Crippen LogP) is 5.86. The van der Waals surface area contributed by atoms with Gasteiger partial charge in [-0.2, -0.15) is 0 Å². The molecule has 1 aliphatic rings. The largest absolute Gasteiger partial charge is 0.497 e. The number of Topliss-reactive ketones (excluding diaryl/α,β-unsaturated/α-hetero) is 2. The highest BCUT2D eigenvalue weighted by molar-refractivity contribution is 6.15. The first-order valence-corrected chi connectivity index (χ1v) is 11.5. The number of para-hydroxylation sites is 1. The van der Waals surface area contributed by atoms with Crippen molar-refractivity contribution in [3.05, 3.63) is 94.9 Å². The molecule has 35 heavy (non-hydrogen) atoms. The van der Waals surface area contributed by atoms with Gasteiger partial charge in [-0.1, -0.05) is 18.2 Å². The molecule has 0 bridgehead atoms. The summed E-state index contributed by atoms with van der Waals surface area (Å²) in [4.78, 5) is 25.6. The lowest BCUT2D eigenvalue weighted by molar-refractivity contribution is 0.0920. The maximum atomic E-state index is 13.1. The molecule has 4 aromatic rings. The van der Waals surface area contributed by atoms with Crippen molar-refractivity contribution < 1.29 is 23.8 Å². The summed E-state index contributed by atoms with van der Waals surface area (Å²) in [5.41, 5.74) is 3.74. The van der Waals surface area contributed by atoms with Gasteiger partial charge in [-0.05, 0) is 62.4 Å². The number of allylic oxidation sites excluding steroid dienone is 1. The third-order valence-corrected chi connectivity index (χ3v) is 6.25. The first-order chi connectivity index (χ1) is 17.0. The van der Waals surface area contributed by atoms with Gasteiger partial charge in [0.15, 0.2) is 18.1 Å². The monoisotopic (exact) mass is 467 g/mol. The number of hydrogen-bond donors (Lipinski definition) is 0. The maximum Gasteiger partial charge on any atom is 0.231 e. The van der Waals surface area contributed by atoms with Crippen molar-refractivity contribution >= 4 is 28.5 Å². The van der Waals surface area contributed by atoms with Crippen LogP contribution in [0.4, 0.5) is 0 Å². The van der Waals surface area contributed by atoms with Crippen LogP contribution in [-0.2, 0) is 6.54 Å². The number of carbonyl (C=O) groups is 2. The molecule has 1 aliphatic heterocycles. The molecule has 1 aromatic heterocycles. The molecule has 0 amide bonds. The summed E-state index contributed by atoms with van der Waals surface area (Å²) in [6, 6.07) is 18.4. The predicted molar refractivity (Wildman–Crippen MR) is 135 cm³/mol. The minimum Gasteiger partial charge on any atom is -0.497 e. The number of ether oxygens (including phenoxy) is 3. The van der Waals surface area contributed by atoms with Crippen LogP contribution in [0.1, 0.15) is 38.8 Å². The Morgan fingerprint density at radius 1 is 1.06 bits per heavy atom. The van der Waals surface area contributed by atoms with Crippen LogP contribution in [0, 0.1) is 6.92 Å². The summed E-state index contributed by atoms with van der Waals surface area (Å²) in [5.74, 6) is 1.60. The van der Waals surface area contributed by atoms with Crippen molar-refractivity contribution in [1.82, 2.24) is 4.57 Å². The van der Waals surface area contributed by atoms with Crippen molar-refractivity contribution in [3.8, 4) is 17.2 Å². The molecular formula is C29H25NO5. The lowest BCUT2D eigenvalue weighted by Crippen LogP contribution is -2.12. The number of methoxy groups -OCH3 is 1. The number of carbonyl (C=O) groups excluding carboxylic acids is 2. The van der Waals surface area contributed by atoms with E-state index in [4.69, 9.17) is 14.2 Å². The Kier molecular flexibility index (Phi) is 5.87. The van der Waals surface area contributed by atoms with Gasteiger partial charge in [0.25, 0.3) is 0 Å². The molecule has 0 aliphatic carbocycles. The average molecular weight is 468 g/mol. The highest BCUT2D eigenvalue weighted by Gasteiger charge is 2.30. The van der Waals surface area contributed by atoms with Crippen LogP contribution >= 0.6 is 0 Å². The quantitative estimate of drug-likeness (QED) is 0.252. The van der Waals surface area contributed by atoms with E-state index in [1.807, 2.05) is 31.3 Å². The fourth-order valence-corrected chi connectivity index (χ4v) is 4.32. The lowest BCUT2D eigenvalue weighted by Gasteiger charge is -2.11. The second kappa shape index (κ2) is 9.14.